The van der Waals surface area contributed by atoms with E-state index in [1.165, 1.54) is 38.5 Å². The fraction of sp³-hybridized carbons (Fsp3) is 0.929. The summed E-state index contributed by atoms with van der Waals surface area (Å²) < 4.78 is 0. The van der Waals surface area contributed by atoms with Gasteiger partial charge >= 0.3 is 0 Å². The van der Waals surface area contributed by atoms with Gasteiger partial charge in [-0.1, -0.05) is 12.8 Å². The summed E-state index contributed by atoms with van der Waals surface area (Å²) in [6, 6.07) is 0.452. The Morgan fingerprint density at radius 3 is 2.78 bits per heavy atom. The van der Waals surface area contributed by atoms with E-state index >= 15 is 0 Å². The lowest BCUT2D eigenvalue weighted by molar-refractivity contribution is -0.130. The molecule has 1 amide bonds. The Balaban J connectivity index is 1.75. The van der Waals surface area contributed by atoms with Crippen LogP contribution in [0.25, 0.3) is 0 Å². The normalized spacial score (nSPS) is 26.9. The second-order valence-electron chi connectivity index (χ2n) is 5.55. The third-order valence-corrected chi connectivity index (χ3v) is 5.46. The highest BCUT2D eigenvalue weighted by Gasteiger charge is 2.23. The quantitative estimate of drug-likeness (QED) is 0.854. The molecule has 18 heavy (non-hydrogen) atoms. The molecule has 2 aliphatic heterocycles. The van der Waals surface area contributed by atoms with Crippen LogP contribution in [0.5, 0.6) is 0 Å². The molecule has 0 aromatic heterocycles. The molecular formula is C14H26N2OS. The van der Waals surface area contributed by atoms with Crippen LogP contribution in [-0.2, 0) is 4.79 Å². The van der Waals surface area contributed by atoms with Crippen LogP contribution >= 0.6 is 11.8 Å². The zero-order chi connectivity index (χ0) is 12.8. The smallest absolute Gasteiger partial charge is 0.232 e. The van der Waals surface area contributed by atoms with Gasteiger partial charge in [0.2, 0.25) is 5.91 Å². The van der Waals surface area contributed by atoms with Gasteiger partial charge in [0, 0.05) is 17.8 Å². The number of likely N-dealkylation sites (tertiary alicyclic amines) is 1. The number of hydrogen-bond acceptors (Lipinski definition) is 3. The van der Waals surface area contributed by atoms with Gasteiger partial charge in [-0.2, -0.15) is 0 Å². The molecule has 104 valence electrons. The monoisotopic (exact) mass is 270 g/mol. The van der Waals surface area contributed by atoms with E-state index in [9.17, 15) is 4.79 Å². The highest BCUT2D eigenvalue weighted by atomic mass is 32.2. The minimum atomic E-state index is 0.368. The highest BCUT2D eigenvalue weighted by molar-refractivity contribution is 8.00. The zero-order valence-electron chi connectivity index (χ0n) is 11.5. The summed E-state index contributed by atoms with van der Waals surface area (Å²) in [7, 11) is 0. The zero-order valence-corrected chi connectivity index (χ0v) is 12.3. The maximum atomic E-state index is 12.3. The van der Waals surface area contributed by atoms with E-state index in [0.717, 1.165) is 19.6 Å². The molecule has 3 nitrogen and oxygen atoms in total. The summed E-state index contributed by atoms with van der Waals surface area (Å²) in [6.45, 7) is 5.42. The van der Waals surface area contributed by atoms with Gasteiger partial charge in [-0.15, -0.1) is 11.8 Å². The van der Waals surface area contributed by atoms with Crippen LogP contribution in [0.4, 0.5) is 0 Å². The minimum absolute atomic E-state index is 0.368. The fourth-order valence-electron chi connectivity index (χ4n) is 2.88. The third kappa shape index (κ3) is 4.16. The molecule has 0 bridgehead atoms. The fourth-order valence-corrected chi connectivity index (χ4v) is 3.99. The van der Waals surface area contributed by atoms with Gasteiger partial charge in [0.1, 0.15) is 0 Å². The Kier molecular flexibility index (Phi) is 5.83. The van der Waals surface area contributed by atoms with Gasteiger partial charge in [0.25, 0.3) is 0 Å². The maximum Gasteiger partial charge on any atom is 0.232 e. The van der Waals surface area contributed by atoms with E-state index in [2.05, 4.69) is 17.1 Å². The van der Waals surface area contributed by atoms with Crippen molar-refractivity contribution in [2.45, 2.75) is 56.7 Å². The summed E-state index contributed by atoms with van der Waals surface area (Å²) in [6.07, 6.45) is 7.38. The van der Waals surface area contributed by atoms with Gasteiger partial charge in [0.15, 0.2) is 0 Å². The second kappa shape index (κ2) is 7.39. The van der Waals surface area contributed by atoms with Crippen LogP contribution in [-0.4, -0.2) is 47.5 Å². The summed E-state index contributed by atoms with van der Waals surface area (Å²) in [5, 5.41) is 4.06. The van der Waals surface area contributed by atoms with Crippen LogP contribution in [0, 0.1) is 0 Å². The van der Waals surface area contributed by atoms with Crippen LogP contribution < -0.4 is 5.32 Å². The number of piperidine rings is 1. The van der Waals surface area contributed by atoms with E-state index in [0.29, 0.717) is 23.0 Å². The number of carbonyl (C=O) groups is 1. The number of rotatable bonds is 3. The molecule has 0 aromatic carbocycles. The summed E-state index contributed by atoms with van der Waals surface area (Å²) in [5.41, 5.74) is 0. The van der Waals surface area contributed by atoms with Crippen LogP contribution in [0.15, 0.2) is 0 Å². The van der Waals surface area contributed by atoms with Crippen molar-refractivity contribution in [3.05, 3.63) is 0 Å². The van der Waals surface area contributed by atoms with Crippen molar-refractivity contribution >= 4 is 17.7 Å². The van der Waals surface area contributed by atoms with E-state index in [4.69, 9.17) is 0 Å². The molecule has 2 aliphatic rings. The lowest BCUT2D eigenvalue weighted by atomic mass is 10.1. The Labute approximate surface area is 115 Å². The first-order valence-corrected chi connectivity index (χ1v) is 8.44. The van der Waals surface area contributed by atoms with E-state index < -0.39 is 0 Å². The first-order valence-electron chi connectivity index (χ1n) is 7.39. The largest absolute Gasteiger partial charge is 0.339 e. The van der Waals surface area contributed by atoms with Crippen LogP contribution in [0.2, 0.25) is 0 Å². The van der Waals surface area contributed by atoms with Crippen molar-refractivity contribution < 1.29 is 4.79 Å². The van der Waals surface area contributed by atoms with Crippen molar-refractivity contribution in [2.24, 2.45) is 0 Å². The maximum absolute atomic E-state index is 12.3. The first-order chi connectivity index (χ1) is 8.77. The number of nitrogens with zero attached hydrogens (tertiary/aromatic N) is 1. The molecule has 0 aromatic rings. The molecule has 2 fully saturated rings. The van der Waals surface area contributed by atoms with E-state index in [-0.39, 0.29) is 0 Å². The SMILES string of the molecule is CC1CCCCCN1C(=O)CSC1CCNCC1. The molecule has 2 saturated heterocycles. The molecule has 1 atom stereocenters. The second-order valence-corrected chi connectivity index (χ2v) is 6.83. The Bertz CT molecular complexity index is 267. The number of nitrogens with one attached hydrogen (secondary N) is 1. The minimum Gasteiger partial charge on any atom is -0.339 e. The predicted octanol–water partition coefficient (Wildman–Crippen LogP) is 2.26. The third-order valence-electron chi connectivity index (χ3n) is 4.10. The summed E-state index contributed by atoms with van der Waals surface area (Å²) in [4.78, 5) is 14.4. The van der Waals surface area contributed by atoms with Gasteiger partial charge in [-0.3, -0.25) is 4.79 Å². The van der Waals surface area contributed by atoms with Crippen molar-refractivity contribution in [3.63, 3.8) is 0 Å². The van der Waals surface area contributed by atoms with Gasteiger partial charge in [-0.05, 0) is 45.7 Å². The van der Waals surface area contributed by atoms with Crippen molar-refractivity contribution in [1.29, 1.82) is 0 Å². The molecule has 1 N–H and O–H groups in total. The lowest BCUT2D eigenvalue weighted by Gasteiger charge is -2.28. The predicted molar refractivity (Wildman–Crippen MR) is 78.0 cm³/mol. The highest BCUT2D eigenvalue weighted by Crippen LogP contribution is 2.22. The molecule has 0 aliphatic carbocycles. The number of thioether (sulfide) groups is 1. The topological polar surface area (TPSA) is 32.3 Å². The van der Waals surface area contributed by atoms with E-state index in [1.807, 2.05) is 11.8 Å². The first kappa shape index (κ1) is 14.2. The average molecular weight is 270 g/mol. The lowest BCUT2D eigenvalue weighted by Crippen LogP contribution is -2.40. The van der Waals surface area contributed by atoms with Crippen molar-refractivity contribution in [3.8, 4) is 0 Å². The number of hydrogen-bond donors (Lipinski definition) is 1. The molecule has 2 rings (SSSR count). The van der Waals surface area contributed by atoms with E-state index in [1.54, 1.807) is 0 Å². The standard InChI is InChI=1S/C14H26N2OS/c1-12-5-3-2-4-10-16(12)14(17)11-18-13-6-8-15-9-7-13/h12-13,15H,2-11H2,1H3. The molecular weight excluding hydrogens is 244 g/mol. The van der Waals surface area contributed by atoms with Gasteiger partial charge in [0.05, 0.1) is 5.75 Å². The molecule has 1 unspecified atom stereocenters. The Morgan fingerprint density at radius 1 is 1.22 bits per heavy atom. The Hall–Kier alpha value is -0.220. The average Bonchev–Trinajstić information content (AvgIpc) is 2.62. The number of amides is 1. The summed E-state index contributed by atoms with van der Waals surface area (Å²) in [5.74, 6) is 1.06. The van der Waals surface area contributed by atoms with Crippen LogP contribution in [0.1, 0.15) is 45.4 Å². The van der Waals surface area contributed by atoms with Gasteiger partial charge in [-0.25, -0.2) is 0 Å². The van der Waals surface area contributed by atoms with Gasteiger partial charge < -0.3 is 10.2 Å². The molecule has 0 spiro atoms. The molecule has 4 heteroatoms. The summed E-state index contributed by atoms with van der Waals surface area (Å²) >= 11 is 1.88. The van der Waals surface area contributed by atoms with Crippen molar-refractivity contribution in [1.82, 2.24) is 10.2 Å². The molecule has 0 radical (unpaired) electrons. The number of carbonyl (C=O) groups excluding carboxylic acids is 1. The van der Waals surface area contributed by atoms with Crippen LogP contribution in [0.3, 0.4) is 0 Å². The molecule has 0 saturated carbocycles. The van der Waals surface area contributed by atoms with Crippen molar-refractivity contribution in [2.75, 3.05) is 25.4 Å². The Morgan fingerprint density at radius 2 is 2.00 bits per heavy atom. The molecule has 2 heterocycles.